The molecule has 0 radical (unpaired) electrons. The Morgan fingerprint density at radius 3 is 1.71 bits per heavy atom. The SMILES string of the molecule is CC(C)(C)[Si](C)(C)O[C@@H]1[C@H](O[Si](C)(C)C(C)(C)C)[C@H]([C@H](/C=C/I)O[Si](C)(C)C(C)(C)C)O[C@H]2CC[C@H](CCO)O[C@H]12. The van der Waals surface area contributed by atoms with E-state index in [4.69, 9.17) is 22.8 Å². The molecule has 0 aromatic rings. The van der Waals surface area contributed by atoms with E-state index in [1.54, 1.807) is 0 Å². The Morgan fingerprint density at radius 2 is 1.27 bits per heavy atom. The molecule has 7 atom stereocenters. The minimum Gasteiger partial charge on any atom is -0.408 e. The summed E-state index contributed by atoms with van der Waals surface area (Å²) < 4.78 is 37.8. The van der Waals surface area contributed by atoms with Crippen LogP contribution in [0.5, 0.6) is 0 Å². The van der Waals surface area contributed by atoms with Crippen molar-refractivity contribution in [1.82, 2.24) is 0 Å². The van der Waals surface area contributed by atoms with Crippen molar-refractivity contribution in [2.45, 2.75) is 179 Å². The lowest BCUT2D eigenvalue weighted by Crippen LogP contribution is -2.69. The molecule has 0 aromatic carbocycles. The van der Waals surface area contributed by atoms with Gasteiger partial charge in [0, 0.05) is 6.61 Å². The third-order valence-electron chi connectivity index (χ3n) is 10.5. The molecule has 6 nitrogen and oxygen atoms in total. The van der Waals surface area contributed by atoms with Gasteiger partial charge in [-0.25, -0.2) is 0 Å². The first-order valence-corrected chi connectivity index (χ1v) is 25.6. The Balaban J connectivity index is 2.72. The largest absolute Gasteiger partial charge is 0.408 e. The van der Waals surface area contributed by atoms with E-state index in [9.17, 15) is 5.11 Å². The fraction of sp³-hybridized carbons (Fsp3) is 0.935. The molecule has 2 fully saturated rings. The predicted octanol–water partition coefficient (Wildman–Crippen LogP) is 8.80. The number of hydrogen-bond donors (Lipinski definition) is 1. The van der Waals surface area contributed by atoms with Crippen LogP contribution in [0.2, 0.25) is 54.4 Å². The maximum absolute atomic E-state index is 9.74. The molecule has 2 aliphatic rings. The number of aliphatic hydroxyl groups excluding tert-OH is 1. The minimum atomic E-state index is -2.26. The number of hydrogen-bond acceptors (Lipinski definition) is 6. The number of aliphatic hydroxyl groups is 1. The fourth-order valence-corrected chi connectivity index (χ4v) is 8.97. The maximum Gasteiger partial charge on any atom is 0.193 e. The average Bonchev–Trinajstić information content (AvgIpc) is 2.78. The molecule has 2 rings (SSSR count). The van der Waals surface area contributed by atoms with Crippen molar-refractivity contribution in [2.75, 3.05) is 6.61 Å². The van der Waals surface area contributed by atoms with Crippen molar-refractivity contribution in [2.24, 2.45) is 0 Å². The summed E-state index contributed by atoms with van der Waals surface area (Å²) in [6, 6.07) is 0. The number of ether oxygens (including phenoxy) is 2. The Bertz CT molecular complexity index is 875. The molecule has 0 amide bonds. The topological polar surface area (TPSA) is 66.4 Å². The predicted molar refractivity (Wildman–Crippen MR) is 188 cm³/mol. The molecule has 2 aliphatic heterocycles. The molecular weight excluding hydrogens is 679 g/mol. The first-order chi connectivity index (χ1) is 18.4. The highest BCUT2D eigenvalue weighted by atomic mass is 127. The van der Waals surface area contributed by atoms with Crippen LogP contribution in [-0.2, 0) is 22.8 Å². The van der Waals surface area contributed by atoms with Crippen molar-refractivity contribution >= 4 is 47.5 Å². The molecule has 41 heavy (non-hydrogen) atoms. The minimum absolute atomic E-state index is 0.00560. The lowest BCUT2D eigenvalue weighted by atomic mass is 9.87. The zero-order valence-corrected chi connectivity index (χ0v) is 34.0. The normalized spacial score (nSPS) is 30.0. The Hall–Kier alpha value is 0.881. The van der Waals surface area contributed by atoms with E-state index >= 15 is 0 Å². The standard InChI is InChI=1S/C31H63IO6Si3/c1-29(2,3)39(10,11)36-24(18-20-32)26-28(38-41(14,15)31(7,8)9)27(37-40(12,13)30(4,5)6)25-23(35-26)17-16-22(34-25)19-21-33/h18,20,22-28,33H,16-17,19,21H2,1-15H3/b20-18+/t22-,23+,24+,25+,26+,27+,28-/m1/s1. The second-order valence-corrected chi connectivity index (χ2v) is 31.8. The summed E-state index contributed by atoms with van der Waals surface area (Å²) in [7, 11) is -6.64. The zero-order chi connectivity index (χ0) is 31.8. The van der Waals surface area contributed by atoms with E-state index in [0.29, 0.717) is 6.42 Å². The highest BCUT2D eigenvalue weighted by Gasteiger charge is 2.57. The smallest absolute Gasteiger partial charge is 0.193 e. The van der Waals surface area contributed by atoms with Crippen molar-refractivity contribution in [3.05, 3.63) is 10.2 Å². The van der Waals surface area contributed by atoms with E-state index in [2.05, 4.69) is 134 Å². The van der Waals surface area contributed by atoms with Gasteiger partial charge in [0.15, 0.2) is 25.0 Å². The molecule has 242 valence electrons. The summed E-state index contributed by atoms with van der Waals surface area (Å²) in [5, 5.41) is 9.83. The van der Waals surface area contributed by atoms with E-state index in [1.165, 1.54) is 0 Å². The number of halogens is 1. The van der Waals surface area contributed by atoms with Crippen molar-refractivity contribution < 1.29 is 27.9 Å². The van der Waals surface area contributed by atoms with Gasteiger partial charge in [0.1, 0.15) is 24.4 Å². The molecule has 2 saturated heterocycles. The van der Waals surface area contributed by atoms with Crippen LogP contribution in [0.4, 0.5) is 0 Å². The molecule has 0 saturated carbocycles. The van der Waals surface area contributed by atoms with Crippen LogP contribution in [-0.4, -0.2) is 79.4 Å². The summed E-state index contributed by atoms with van der Waals surface area (Å²) >= 11 is 2.30. The van der Waals surface area contributed by atoms with Crippen LogP contribution >= 0.6 is 22.6 Å². The van der Waals surface area contributed by atoms with Gasteiger partial charge in [0.25, 0.3) is 0 Å². The summed E-state index contributed by atoms with van der Waals surface area (Å²) in [6.07, 6.45) is 2.94. The monoisotopic (exact) mass is 742 g/mol. The maximum atomic E-state index is 9.74. The quantitative estimate of drug-likeness (QED) is 0.178. The summed E-state index contributed by atoms with van der Waals surface area (Å²) in [6.45, 7) is 34.6. The number of rotatable bonds is 10. The molecule has 0 bridgehead atoms. The highest BCUT2D eigenvalue weighted by molar-refractivity contribution is 14.1. The molecule has 0 spiro atoms. The van der Waals surface area contributed by atoms with Crippen LogP contribution in [0, 0.1) is 0 Å². The van der Waals surface area contributed by atoms with Gasteiger partial charge < -0.3 is 27.9 Å². The summed E-state index contributed by atoms with van der Waals surface area (Å²) in [4.78, 5) is 0. The number of fused-ring (bicyclic) bond motifs is 1. The summed E-state index contributed by atoms with van der Waals surface area (Å²) in [5.74, 6) is 0. The van der Waals surface area contributed by atoms with Crippen LogP contribution < -0.4 is 0 Å². The van der Waals surface area contributed by atoms with E-state index < -0.39 is 25.0 Å². The Labute approximate surface area is 269 Å². The lowest BCUT2D eigenvalue weighted by molar-refractivity contribution is -0.267. The van der Waals surface area contributed by atoms with Gasteiger partial charge >= 0.3 is 0 Å². The second-order valence-electron chi connectivity index (χ2n) is 16.8. The zero-order valence-electron chi connectivity index (χ0n) is 28.9. The van der Waals surface area contributed by atoms with Crippen LogP contribution in [0.25, 0.3) is 0 Å². The highest BCUT2D eigenvalue weighted by Crippen LogP contribution is 2.47. The lowest BCUT2D eigenvalue weighted by Gasteiger charge is -2.56. The third kappa shape index (κ3) is 9.22. The third-order valence-corrected chi connectivity index (χ3v) is 24.4. The molecular formula is C31H63IO6Si3. The Morgan fingerprint density at radius 1 is 0.780 bits per heavy atom. The van der Waals surface area contributed by atoms with Gasteiger partial charge in [0.05, 0.1) is 18.3 Å². The van der Waals surface area contributed by atoms with Crippen molar-refractivity contribution in [3.63, 3.8) is 0 Å². The van der Waals surface area contributed by atoms with E-state index in [1.807, 2.05) is 0 Å². The molecule has 0 aromatic heterocycles. The van der Waals surface area contributed by atoms with Gasteiger partial charge in [-0.1, -0.05) is 84.9 Å². The van der Waals surface area contributed by atoms with Crippen LogP contribution in [0.15, 0.2) is 10.2 Å². The first-order valence-electron chi connectivity index (χ1n) is 15.6. The van der Waals surface area contributed by atoms with Gasteiger partial charge in [-0.2, -0.15) is 0 Å². The van der Waals surface area contributed by atoms with E-state index in [-0.39, 0.29) is 64.4 Å². The first kappa shape index (κ1) is 38.1. The molecule has 0 aliphatic carbocycles. The fourth-order valence-electron chi connectivity index (χ4n) is 4.71. The van der Waals surface area contributed by atoms with Crippen LogP contribution in [0.3, 0.4) is 0 Å². The van der Waals surface area contributed by atoms with Gasteiger partial charge in [0.2, 0.25) is 0 Å². The molecule has 10 heteroatoms. The molecule has 0 unspecified atom stereocenters. The Kier molecular flexibility index (Phi) is 12.7. The molecule has 2 heterocycles. The van der Waals surface area contributed by atoms with Gasteiger partial charge in [-0.3, -0.25) is 0 Å². The van der Waals surface area contributed by atoms with Gasteiger partial charge in [-0.15, -0.1) is 0 Å². The molecule has 1 N–H and O–H groups in total. The average molecular weight is 743 g/mol. The van der Waals surface area contributed by atoms with Crippen molar-refractivity contribution in [3.8, 4) is 0 Å². The van der Waals surface area contributed by atoms with Gasteiger partial charge in [-0.05, 0) is 83.8 Å². The second kappa shape index (κ2) is 13.7. The van der Waals surface area contributed by atoms with E-state index in [0.717, 1.165) is 12.8 Å². The van der Waals surface area contributed by atoms with Crippen molar-refractivity contribution in [1.29, 1.82) is 0 Å². The van der Waals surface area contributed by atoms with Crippen LogP contribution in [0.1, 0.15) is 81.6 Å². The summed E-state index contributed by atoms with van der Waals surface area (Å²) in [5.41, 5.74) is 0.